The predicted molar refractivity (Wildman–Crippen MR) is 93.8 cm³/mol. The van der Waals surface area contributed by atoms with Crippen LogP contribution in [0.25, 0.3) is 20.5 Å². The van der Waals surface area contributed by atoms with Gasteiger partial charge < -0.3 is 15.4 Å². The molecule has 1 aromatic carbocycles. The molecule has 0 saturated carbocycles. The molecular formula is C17H11FN4O2S. The lowest BCUT2D eigenvalue weighted by Gasteiger charge is -2.04. The summed E-state index contributed by atoms with van der Waals surface area (Å²) in [7, 11) is 0. The maximum absolute atomic E-state index is 13.1. The molecule has 3 aromatic heterocycles. The van der Waals surface area contributed by atoms with Crippen LogP contribution in [-0.4, -0.2) is 26.3 Å². The van der Waals surface area contributed by atoms with Crippen molar-refractivity contribution in [3.8, 4) is 10.4 Å². The molecule has 0 aliphatic rings. The first-order chi connectivity index (χ1) is 12.1. The Bertz CT molecular complexity index is 1060. The van der Waals surface area contributed by atoms with E-state index < -0.39 is 5.97 Å². The van der Waals surface area contributed by atoms with Gasteiger partial charge in [0.2, 0.25) is 0 Å². The Balaban J connectivity index is 1.88. The molecule has 0 atom stereocenters. The number of anilines is 2. The number of hydrogen-bond acceptors (Lipinski definition) is 5. The van der Waals surface area contributed by atoms with Crippen LogP contribution in [0.1, 0.15) is 10.5 Å². The molecular weight excluding hydrogens is 343 g/mol. The molecule has 0 fully saturated rings. The highest BCUT2D eigenvalue weighted by atomic mass is 32.1. The number of carboxylic acid groups (broad SMARTS) is 1. The highest BCUT2D eigenvalue weighted by Gasteiger charge is 2.19. The monoisotopic (exact) mass is 354 g/mol. The minimum Gasteiger partial charge on any atom is -0.476 e. The summed E-state index contributed by atoms with van der Waals surface area (Å²) in [4.78, 5) is 15.2. The lowest BCUT2D eigenvalue weighted by molar-refractivity contribution is 0.0692. The second kappa shape index (κ2) is 5.99. The van der Waals surface area contributed by atoms with Gasteiger partial charge >= 0.3 is 5.97 Å². The van der Waals surface area contributed by atoms with Crippen LogP contribution in [0.15, 0.2) is 48.8 Å². The average Bonchev–Trinajstić information content (AvgIpc) is 3.25. The average molecular weight is 354 g/mol. The van der Waals surface area contributed by atoms with E-state index in [4.69, 9.17) is 0 Å². The number of fused-ring (bicyclic) bond motifs is 1. The second-order valence-corrected chi connectivity index (χ2v) is 6.34. The highest BCUT2D eigenvalue weighted by Crippen LogP contribution is 2.38. The van der Waals surface area contributed by atoms with Gasteiger partial charge in [-0.2, -0.15) is 0 Å². The number of hydrogen-bond donors (Lipinski definition) is 3. The van der Waals surface area contributed by atoms with Crippen LogP contribution >= 0.6 is 11.3 Å². The summed E-state index contributed by atoms with van der Waals surface area (Å²) in [5, 5.41) is 21.0. The molecule has 0 spiro atoms. The smallest absolute Gasteiger partial charge is 0.357 e. The molecule has 0 aliphatic carbocycles. The minimum absolute atomic E-state index is 0.104. The molecule has 124 valence electrons. The van der Waals surface area contributed by atoms with Crippen molar-refractivity contribution in [2.24, 2.45) is 0 Å². The zero-order valence-electron chi connectivity index (χ0n) is 12.7. The van der Waals surface area contributed by atoms with Crippen molar-refractivity contribution in [2.75, 3.05) is 5.32 Å². The zero-order chi connectivity index (χ0) is 17.4. The largest absolute Gasteiger partial charge is 0.476 e. The fraction of sp³-hybridized carbons (Fsp3) is 0. The molecule has 0 amide bonds. The number of thiophene rings is 1. The van der Waals surface area contributed by atoms with Crippen molar-refractivity contribution < 1.29 is 14.3 Å². The lowest BCUT2D eigenvalue weighted by atomic mass is 10.1. The molecule has 25 heavy (non-hydrogen) atoms. The Morgan fingerprint density at radius 3 is 2.68 bits per heavy atom. The molecule has 3 heterocycles. The highest BCUT2D eigenvalue weighted by molar-refractivity contribution is 7.22. The maximum Gasteiger partial charge on any atom is 0.357 e. The van der Waals surface area contributed by atoms with Crippen LogP contribution in [0.4, 0.5) is 15.9 Å². The van der Waals surface area contributed by atoms with Gasteiger partial charge in [-0.15, -0.1) is 21.5 Å². The third-order valence-corrected chi connectivity index (χ3v) is 4.84. The molecule has 4 aromatic rings. The van der Waals surface area contributed by atoms with E-state index >= 15 is 0 Å². The molecule has 0 bridgehead atoms. The van der Waals surface area contributed by atoms with E-state index in [-0.39, 0.29) is 11.5 Å². The normalized spacial score (nSPS) is 10.9. The number of rotatable bonds is 4. The summed E-state index contributed by atoms with van der Waals surface area (Å²) < 4.78 is 13.7. The van der Waals surface area contributed by atoms with Crippen LogP contribution < -0.4 is 5.32 Å². The Hall–Kier alpha value is -3.26. The first-order valence-electron chi connectivity index (χ1n) is 7.31. The van der Waals surface area contributed by atoms with Gasteiger partial charge in [-0.05, 0) is 29.8 Å². The van der Waals surface area contributed by atoms with Crippen LogP contribution in [0, 0.1) is 5.82 Å². The second-order valence-electron chi connectivity index (χ2n) is 5.29. The number of H-pyrrole nitrogens is 1. The van der Waals surface area contributed by atoms with Gasteiger partial charge in [-0.1, -0.05) is 12.1 Å². The molecule has 0 aliphatic heterocycles. The maximum atomic E-state index is 13.1. The summed E-state index contributed by atoms with van der Waals surface area (Å²) in [5.74, 6) is -1.00. The summed E-state index contributed by atoms with van der Waals surface area (Å²) >= 11 is 1.28. The van der Waals surface area contributed by atoms with E-state index in [0.29, 0.717) is 15.9 Å². The lowest BCUT2D eigenvalue weighted by Crippen LogP contribution is -2.04. The summed E-state index contributed by atoms with van der Waals surface area (Å²) in [6, 6.07) is 9.71. The van der Waals surface area contributed by atoms with Gasteiger partial charge in [-0.3, -0.25) is 0 Å². The number of benzene rings is 1. The van der Waals surface area contributed by atoms with Crippen molar-refractivity contribution in [1.82, 2.24) is 15.2 Å². The van der Waals surface area contributed by atoms with E-state index in [1.165, 1.54) is 23.5 Å². The Kier molecular flexibility index (Phi) is 3.66. The number of nitrogens with zero attached hydrogens (tertiary/aromatic N) is 2. The molecule has 0 saturated heterocycles. The fourth-order valence-corrected chi connectivity index (χ4v) is 3.61. The van der Waals surface area contributed by atoms with E-state index in [2.05, 4.69) is 20.5 Å². The quantitative estimate of drug-likeness (QED) is 0.509. The van der Waals surface area contributed by atoms with Crippen LogP contribution in [0.2, 0.25) is 0 Å². The molecule has 3 N–H and O–H groups in total. The Morgan fingerprint density at radius 1 is 1.20 bits per heavy atom. The number of aromatic amines is 1. The SMILES string of the molecule is O=C(O)c1nnc(Nc2cc[nH]c2)c2cc(-c3ccc(F)cc3)sc12. The summed E-state index contributed by atoms with van der Waals surface area (Å²) in [6.45, 7) is 0. The van der Waals surface area contributed by atoms with Gasteiger partial charge in [0.15, 0.2) is 11.5 Å². The molecule has 0 radical (unpaired) electrons. The first kappa shape index (κ1) is 15.3. The van der Waals surface area contributed by atoms with Crippen LogP contribution in [0.5, 0.6) is 0 Å². The topological polar surface area (TPSA) is 90.9 Å². The number of carboxylic acids is 1. The van der Waals surface area contributed by atoms with Crippen molar-refractivity contribution in [2.45, 2.75) is 0 Å². The van der Waals surface area contributed by atoms with E-state index in [0.717, 1.165) is 16.1 Å². The van der Waals surface area contributed by atoms with Crippen LogP contribution in [-0.2, 0) is 0 Å². The zero-order valence-corrected chi connectivity index (χ0v) is 13.5. The molecule has 6 nitrogen and oxygen atoms in total. The number of carbonyl (C=O) groups is 1. The van der Waals surface area contributed by atoms with Gasteiger partial charge in [0.25, 0.3) is 0 Å². The molecule has 8 heteroatoms. The van der Waals surface area contributed by atoms with Crippen molar-refractivity contribution >= 4 is 38.9 Å². The fourth-order valence-electron chi connectivity index (χ4n) is 2.47. The number of aromatic carboxylic acids is 1. The molecule has 4 rings (SSSR count). The van der Waals surface area contributed by atoms with E-state index in [1.807, 2.05) is 12.1 Å². The van der Waals surface area contributed by atoms with Crippen LogP contribution in [0.3, 0.4) is 0 Å². The Morgan fingerprint density at radius 2 is 2.00 bits per heavy atom. The number of halogens is 1. The summed E-state index contributed by atoms with van der Waals surface area (Å²) in [5.41, 5.74) is 1.48. The third-order valence-electron chi connectivity index (χ3n) is 3.64. The van der Waals surface area contributed by atoms with E-state index in [1.54, 1.807) is 24.5 Å². The first-order valence-corrected chi connectivity index (χ1v) is 8.13. The third kappa shape index (κ3) is 2.83. The number of nitrogens with one attached hydrogen (secondary N) is 2. The van der Waals surface area contributed by atoms with Crippen molar-refractivity contribution in [1.29, 1.82) is 0 Å². The summed E-state index contributed by atoms with van der Waals surface area (Å²) in [6.07, 6.45) is 3.52. The van der Waals surface area contributed by atoms with Crippen molar-refractivity contribution in [3.63, 3.8) is 0 Å². The minimum atomic E-state index is -1.14. The standard InChI is InChI=1S/C17H11FN4O2S/c18-10-3-1-9(2-4-10)13-7-12-15(25-13)14(17(23)24)21-22-16(12)20-11-5-6-19-8-11/h1-8,19H,(H,20,22)(H,23,24). The van der Waals surface area contributed by atoms with Gasteiger partial charge in [0.1, 0.15) is 5.82 Å². The Labute approximate surface area is 145 Å². The predicted octanol–water partition coefficient (Wildman–Crippen LogP) is 4.27. The van der Waals surface area contributed by atoms with Gasteiger partial charge in [0, 0.05) is 22.7 Å². The molecule has 0 unspecified atom stereocenters. The van der Waals surface area contributed by atoms with E-state index in [9.17, 15) is 14.3 Å². The van der Waals surface area contributed by atoms with Crippen molar-refractivity contribution in [3.05, 3.63) is 60.3 Å². The number of aromatic nitrogens is 3. The van der Waals surface area contributed by atoms with Gasteiger partial charge in [0.05, 0.1) is 10.4 Å². The van der Waals surface area contributed by atoms with Gasteiger partial charge in [-0.25, -0.2) is 9.18 Å².